The zero-order chi connectivity index (χ0) is 24.3. The Bertz CT molecular complexity index is 1150. The molecule has 34 heavy (non-hydrogen) atoms. The first-order valence-corrected chi connectivity index (χ1v) is 10.7. The van der Waals surface area contributed by atoms with E-state index in [0.717, 1.165) is 24.1 Å². The Morgan fingerprint density at radius 1 is 1.06 bits per heavy atom. The molecule has 4 rings (SSSR count). The molecule has 0 saturated carbocycles. The fourth-order valence-electron chi connectivity index (χ4n) is 4.05. The van der Waals surface area contributed by atoms with Crippen molar-refractivity contribution in [1.29, 1.82) is 0 Å². The van der Waals surface area contributed by atoms with Crippen molar-refractivity contribution in [2.24, 2.45) is 5.73 Å². The number of alkyl halides is 3. The van der Waals surface area contributed by atoms with Crippen LogP contribution in [0.5, 0.6) is 0 Å². The van der Waals surface area contributed by atoms with E-state index in [-0.39, 0.29) is 30.4 Å². The van der Waals surface area contributed by atoms with E-state index in [9.17, 15) is 18.0 Å². The molecule has 1 fully saturated rings. The molecule has 2 aromatic heterocycles. The van der Waals surface area contributed by atoms with Crippen molar-refractivity contribution in [2.75, 3.05) is 11.4 Å². The summed E-state index contributed by atoms with van der Waals surface area (Å²) in [5.41, 5.74) is 6.06. The molecule has 2 N–H and O–H groups in total. The molecule has 1 aromatic carbocycles. The lowest BCUT2D eigenvalue weighted by molar-refractivity contribution is -0.137. The highest BCUT2D eigenvalue weighted by Gasteiger charge is 2.33. The standard InChI is InChI=1S/C23H22F4N6O/c24-21-17(8-3-14-11-29-20(30-12-14)10-19(28)34)31-13-32-22(21)33-9-1-2-18(33)15-4-6-16(7-5-15)23(25,26)27/h4-7,11-13,18H,1-3,8-10H2,(H2,28,34). The number of hydrogen-bond donors (Lipinski definition) is 1. The highest BCUT2D eigenvalue weighted by Crippen LogP contribution is 2.38. The van der Waals surface area contributed by atoms with E-state index in [1.165, 1.54) is 18.5 Å². The molecule has 11 heteroatoms. The molecule has 3 heterocycles. The molecular weight excluding hydrogens is 452 g/mol. The number of primary amides is 1. The average Bonchev–Trinajstić information content (AvgIpc) is 3.28. The summed E-state index contributed by atoms with van der Waals surface area (Å²) >= 11 is 0. The number of nitrogens with two attached hydrogens (primary N) is 1. The van der Waals surface area contributed by atoms with E-state index in [2.05, 4.69) is 19.9 Å². The Morgan fingerprint density at radius 2 is 1.76 bits per heavy atom. The fraction of sp³-hybridized carbons (Fsp3) is 0.348. The van der Waals surface area contributed by atoms with Gasteiger partial charge in [0.1, 0.15) is 12.2 Å². The van der Waals surface area contributed by atoms with Gasteiger partial charge in [-0.25, -0.2) is 24.3 Å². The molecule has 7 nitrogen and oxygen atoms in total. The average molecular weight is 474 g/mol. The van der Waals surface area contributed by atoms with E-state index in [1.807, 2.05) is 0 Å². The first kappa shape index (κ1) is 23.5. The van der Waals surface area contributed by atoms with Crippen LogP contribution in [0.2, 0.25) is 0 Å². The first-order chi connectivity index (χ1) is 16.2. The van der Waals surface area contributed by atoms with Gasteiger partial charge in [0.25, 0.3) is 0 Å². The number of hydrogen-bond acceptors (Lipinski definition) is 6. The Morgan fingerprint density at radius 3 is 2.41 bits per heavy atom. The van der Waals surface area contributed by atoms with Crippen LogP contribution in [0.25, 0.3) is 0 Å². The molecule has 1 amide bonds. The van der Waals surface area contributed by atoms with Crippen LogP contribution >= 0.6 is 0 Å². The van der Waals surface area contributed by atoms with E-state index in [4.69, 9.17) is 5.73 Å². The minimum absolute atomic E-state index is 0.0554. The molecule has 1 aliphatic rings. The molecule has 1 unspecified atom stereocenters. The summed E-state index contributed by atoms with van der Waals surface area (Å²) in [7, 11) is 0. The van der Waals surface area contributed by atoms with E-state index in [1.54, 1.807) is 17.3 Å². The highest BCUT2D eigenvalue weighted by molar-refractivity contribution is 5.75. The van der Waals surface area contributed by atoms with Gasteiger partial charge in [0.05, 0.1) is 23.7 Å². The van der Waals surface area contributed by atoms with Crippen LogP contribution < -0.4 is 10.6 Å². The molecular formula is C23H22F4N6O. The molecule has 3 aromatic rings. The zero-order valence-electron chi connectivity index (χ0n) is 18.1. The maximum absolute atomic E-state index is 15.3. The van der Waals surface area contributed by atoms with E-state index < -0.39 is 23.5 Å². The van der Waals surface area contributed by atoms with Gasteiger partial charge < -0.3 is 10.6 Å². The third-order valence-electron chi connectivity index (χ3n) is 5.73. The Balaban J connectivity index is 1.49. The number of carbonyl (C=O) groups excluding carboxylic acids is 1. The third-order valence-corrected chi connectivity index (χ3v) is 5.73. The summed E-state index contributed by atoms with van der Waals surface area (Å²) < 4.78 is 54.0. The second-order valence-corrected chi connectivity index (χ2v) is 8.08. The van der Waals surface area contributed by atoms with Crippen LogP contribution in [-0.4, -0.2) is 32.4 Å². The Hall–Kier alpha value is -3.63. The van der Waals surface area contributed by atoms with Crippen LogP contribution in [0, 0.1) is 5.82 Å². The highest BCUT2D eigenvalue weighted by atomic mass is 19.4. The minimum atomic E-state index is -4.41. The summed E-state index contributed by atoms with van der Waals surface area (Å²) in [5, 5.41) is 0. The van der Waals surface area contributed by atoms with Crippen molar-refractivity contribution >= 4 is 11.7 Å². The summed E-state index contributed by atoms with van der Waals surface area (Å²) in [6.45, 7) is 0.536. The molecule has 0 spiro atoms. The number of amides is 1. The molecule has 0 bridgehead atoms. The number of aryl methyl sites for hydroxylation is 2. The normalized spacial score (nSPS) is 16.1. The van der Waals surface area contributed by atoms with E-state index in [0.29, 0.717) is 30.8 Å². The van der Waals surface area contributed by atoms with Crippen LogP contribution in [0.4, 0.5) is 23.4 Å². The van der Waals surface area contributed by atoms with Gasteiger partial charge in [-0.05, 0) is 48.9 Å². The van der Waals surface area contributed by atoms with Crippen LogP contribution in [0.3, 0.4) is 0 Å². The maximum atomic E-state index is 15.3. The summed E-state index contributed by atoms with van der Waals surface area (Å²) in [6.07, 6.45) is 2.10. The van der Waals surface area contributed by atoms with Crippen molar-refractivity contribution in [3.05, 3.63) is 77.0 Å². The number of rotatable bonds is 7. The number of benzene rings is 1. The predicted molar refractivity (Wildman–Crippen MR) is 115 cm³/mol. The van der Waals surface area contributed by atoms with Crippen molar-refractivity contribution < 1.29 is 22.4 Å². The SMILES string of the molecule is NC(=O)Cc1ncc(CCc2ncnc(N3CCCC3c3ccc(C(F)(F)F)cc3)c2F)cn1. The summed E-state index contributed by atoms with van der Waals surface area (Å²) in [4.78, 5) is 29.1. The lowest BCUT2D eigenvalue weighted by atomic mass is 10.0. The predicted octanol–water partition coefficient (Wildman–Crippen LogP) is 3.58. The number of nitrogens with zero attached hydrogens (tertiary/aromatic N) is 5. The smallest absolute Gasteiger partial charge is 0.369 e. The number of aromatic nitrogens is 4. The zero-order valence-corrected chi connectivity index (χ0v) is 18.1. The van der Waals surface area contributed by atoms with Crippen molar-refractivity contribution in [3.8, 4) is 0 Å². The second-order valence-electron chi connectivity index (χ2n) is 8.08. The summed E-state index contributed by atoms with van der Waals surface area (Å²) in [6, 6.07) is 4.70. The topological polar surface area (TPSA) is 97.9 Å². The molecule has 1 atom stereocenters. The molecule has 1 aliphatic heterocycles. The largest absolute Gasteiger partial charge is 0.416 e. The Kier molecular flexibility index (Phi) is 6.71. The van der Waals surface area contributed by atoms with Crippen LogP contribution in [0.15, 0.2) is 43.0 Å². The van der Waals surface area contributed by atoms with Crippen molar-refractivity contribution in [3.63, 3.8) is 0 Å². The minimum Gasteiger partial charge on any atom is -0.369 e. The summed E-state index contributed by atoms with van der Waals surface area (Å²) in [5.74, 6) is -0.622. The Labute approximate surface area is 193 Å². The van der Waals surface area contributed by atoms with Crippen LogP contribution in [0.1, 0.15) is 47.1 Å². The van der Waals surface area contributed by atoms with Crippen molar-refractivity contribution in [2.45, 2.75) is 44.3 Å². The fourth-order valence-corrected chi connectivity index (χ4v) is 4.05. The van der Waals surface area contributed by atoms with Gasteiger partial charge in [0.15, 0.2) is 11.6 Å². The molecule has 0 radical (unpaired) electrons. The van der Waals surface area contributed by atoms with Gasteiger partial charge in [0.2, 0.25) is 5.91 Å². The second kappa shape index (κ2) is 9.70. The number of anilines is 1. The van der Waals surface area contributed by atoms with Gasteiger partial charge in [0, 0.05) is 18.9 Å². The van der Waals surface area contributed by atoms with Gasteiger partial charge in [-0.1, -0.05) is 12.1 Å². The number of carbonyl (C=O) groups is 1. The maximum Gasteiger partial charge on any atom is 0.416 e. The third kappa shape index (κ3) is 5.29. The lowest BCUT2D eigenvalue weighted by Crippen LogP contribution is -2.25. The molecule has 0 aliphatic carbocycles. The number of halogens is 4. The monoisotopic (exact) mass is 474 g/mol. The lowest BCUT2D eigenvalue weighted by Gasteiger charge is -2.27. The van der Waals surface area contributed by atoms with Crippen molar-refractivity contribution in [1.82, 2.24) is 19.9 Å². The van der Waals surface area contributed by atoms with Gasteiger partial charge in [-0.2, -0.15) is 13.2 Å². The van der Waals surface area contributed by atoms with Gasteiger partial charge in [-0.15, -0.1) is 0 Å². The molecule has 178 valence electrons. The quantitative estimate of drug-likeness (QED) is 0.526. The van der Waals surface area contributed by atoms with Crippen LogP contribution in [-0.2, 0) is 30.2 Å². The first-order valence-electron chi connectivity index (χ1n) is 10.7. The van der Waals surface area contributed by atoms with E-state index >= 15 is 4.39 Å². The molecule has 1 saturated heterocycles. The van der Waals surface area contributed by atoms with Gasteiger partial charge in [-0.3, -0.25) is 4.79 Å². The van der Waals surface area contributed by atoms with Gasteiger partial charge >= 0.3 is 6.18 Å².